The zero-order valence-electron chi connectivity index (χ0n) is 10.8. The highest BCUT2D eigenvalue weighted by atomic mass is 32.2. The molecule has 0 radical (unpaired) electrons. The lowest BCUT2D eigenvalue weighted by Gasteiger charge is -2.11. The molecule has 0 aliphatic carbocycles. The van der Waals surface area contributed by atoms with Crippen LogP contribution in [-0.4, -0.2) is 13.6 Å². The first kappa shape index (κ1) is 13.5. The molecule has 0 saturated heterocycles. The second kappa shape index (κ2) is 4.34. The van der Waals surface area contributed by atoms with Gasteiger partial charge < -0.3 is 5.21 Å². The molecule has 2 aromatic rings. The van der Waals surface area contributed by atoms with Gasteiger partial charge in [-0.15, -0.1) is 0 Å². The van der Waals surface area contributed by atoms with Gasteiger partial charge in [-0.2, -0.15) is 0 Å². The van der Waals surface area contributed by atoms with E-state index in [1.165, 1.54) is 12.1 Å². The fourth-order valence-electron chi connectivity index (χ4n) is 1.63. The number of benzene rings is 1. The molecular formula is C12H14N2O4S. The van der Waals surface area contributed by atoms with Crippen molar-refractivity contribution in [1.29, 1.82) is 0 Å². The maximum Gasteiger partial charge on any atom is 0.317 e. The summed E-state index contributed by atoms with van der Waals surface area (Å²) in [6.45, 7) is 5.28. The van der Waals surface area contributed by atoms with E-state index in [2.05, 4.69) is 9.79 Å². The Hall–Kier alpha value is -1.89. The molecular weight excluding hydrogens is 268 g/mol. The van der Waals surface area contributed by atoms with Crippen molar-refractivity contribution in [2.45, 2.75) is 36.1 Å². The minimum absolute atomic E-state index is 0.0355. The number of hydrogen-bond acceptors (Lipinski definition) is 5. The molecule has 0 bridgehead atoms. The highest BCUT2D eigenvalue weighted by Crippen LogP contribution is 2.28. The Kier molecular flexibility index (Phi) is 3.09. The lowest BCUT2D eigenvalue weighted by Crippen LogP contribution is -2.33. The summed E-state index contributed by atoms with van der Waals surface area (Å²) < 4.78 is 29.4. The molecule has 19 heavy (non-hydrogen) atoms. The second-order valence-electron chi connectivity index (χ2n) is 5.15. The van der Waals surface area contributed by atoms with Crippen LogP contribution in [0.15, 0.2) is 44.9 Å². The van der Waals surface area contributed by atoms with Gasteiger partial charge >= 0.3 is 5.03 Å². The highest BCUT2D eigenvalue weighted by Gasteiger charge is 2.39. The molecule has 0 unspecified atom stereocenters. The molecule has 1 aromatic heterocycles. The predicted octanol–water partition coefficient (Wildman–Crippen LogP) is 1.44. The van der Waals surface area contributed by atoms with Crippen LogP contribution in [0.1, 0.15) is 26.5 Å². The van der Waals surface area contributed by atoms with Crippen LogP contribution in [0.25, 0.3) is 0 Å². The first-order chi connectivity index (χ1) is 8.74. The van der Waals surface area contributed by atoms with Gasteiger partial charge in [-0.3, -0.25) is 4.63 Å². The van der Waals surface area contributed by atoms with Crippen LogP contribution in [-0.2, 0) is 15.3 Å². The standard InChI is InChI=1S/C12H14N2O4S/c1-12(2,3)10-11(14(15)18-13-10)19(16,17)9-7-5-4-6-8-9/h4-8H,1-3H3. The number of hydrogen-bond donors (Lipinski definition) is 0. The lowest BCUT2D eigenvalue weighted by molar-refractivity contribution is -0.832. The Bertz CT molecular complexity index is 684. The third-order valence-corrected chi connectivity index (χ3v) is 4.34. The fourth-order valence-corrected chi connectivity index (χ4v) is 3.20. The van der Waals surface area contributed by atoms with Crippen molar-refractivity contribution in [2.75, 3.05) is 0 Å². The van der Waals surface area contributed by atoms with Crippen LogP contribution in [0, 0.1) is 5.21 Å². The van der Waals surface area contributed by atoms with Crippen LogP contribution in [0.2, 0.25) is 0 Å². The van der Waals surface area contributed by atoms with E-state index in [0.29, 0.717) is 0 Å². The molecule has 2 rings (SSSR count). The predicted molar refractivity (Wildman–Crippen MR) is 66.1 cm³/mol. The Morgan fingerprint density at radius 2 is 1.79 bits per heavy atom. The van der Waals surface area contributed by atoms with E-state index in [4.69, 9.17) is 0 Å². The van der Waals surface area contributed by atoms with Gasteiger partial charge in [0, 0.05) is 10.6 Å². The van der Waals surface area contributed by atoms with Crippen LogP contribution < -0.4 is 4.90 Å². The molecule has 0 fully saturated rings. The van der Waals surface area contributed by atoms with Gasteiger partial charge in [0.25, 0.3) is 9.84 Å². The van der Waals surface area contributed by atoms with Crippen molar-refractivity contribution in [2.24, 2.45) is 0 Å². The highest BCUT2D eigenvalue weighted by molar-refractivity contribution is 7.91. The van der Waals surface area contributed by atoms with Crippen LogP contribution in [0.5, 0.6) is 0 Å². The number of aromatic nitrogens is 2. The zero-order valence-corrected chi connectivity index (χ0v) is 11.6. The average molecular weight is 282 g/mol. The van der Waals surface area contributed by atoms with Crippen LogP contribution in [0.3, 0.4) is 0 Å². The first-order valence-electron chi connectivity index (χ1n) is 5.65. The summed E-state index contributed by atoms with van der Waals surface area (Å²) in [5, 5.41) is 14.7. The number of nitrogens with zero attached hydrogens (tertiary/aromatic N) is 2. The summed E-state index contributed by atoms with van der Waals surface area (Å²) in [6, 6.07) is 7.73. The molecule has 0 atom stereocenters. The summed E-state index contributed by atoms with van der Waals surface area (Å²) in [6.07, 6.45) is 0. The number of sulfone groups is 1. The molecule has 0 aliphatic rings. The van der Waals surface area contributed by atoms with Crippen molar-refractivity contribution in [3.63, 3.8) is 0 Å². The van der Waals surface area contributed by atoms with E-state index in [1.807, 2.05) is 0 Å². The second-order valence-corrected chi connectivity index (χ2v) is 7.02. The maximum atomic E-state index is 12.5. The van der Waals surface area contributed by atoms with E-state index in [9.17, 15) is 13.6 Å². The first-order valence-corrected chi connectivity index (χ1v) is 7.13. The summed E-state index contributed by atoms with van der Waals surface area (Å²) in [4.78, 5) is -0.0172. The molecule has 0 N–H and O–H groups in total. The molecule has 102 valence electrons. The molecule has 0 amide bonds. The van der Waals surface area contributed by atoms with Crippen LogP contribution in [0.4, 0.5) is 0 Å². The van der Waals surface area contributed by atoms with Gasteiger partial charge in [0.2, 0.25) is 5.69 Å². The minimum atomic E-state index is -3.95. The van der Waals surface area contributed by atoms with Gasteiger partial charge in [-0.25, -0.2) is 8.42 Å². The normalized spacial score (nSPS) is 12.6. The van der Waals surface area contributed by atoms with E-state index in [-0.39, 0.29) is 15.5 Å². The number of rotatable bonds is 2. The summed E-state index contributed by atoms with van der Waals surface area (Å²) in [5.41, 5.74) is -0.498. The summed E-state index contributed by atoms with van der Waals surface area (Å²) in [7, 11) is -3.95. The Balaban J connectivity index is 2.70. The third kappa shape index (κ3) is 2.33. The average Bonchev–Trinajstić information content (AvgIpc) is 2.73. The molecule has 6 nitrogen and oxygen atoms in total. The Morgan fingerprint density at radius 1 is 1.21 bits per heavy atom. The zero-order chi connectivity index (χ0) is 14.3. The minimum Gasteiger partial charge on any atom is -0.358 e. The SMILES string of the molecule is CC(C)(C)c1no[n+]([O-])c1S(=O)(=O)c1ccccc1. The monoisotopic (exact) mass is 282 g/mol. The van der Waals surface area contributed by atoms with Crippen molar-refractivity contribution < 1.29 is 17.9 Å². The maximum absolute atomic E-state index is 12.5. The van der Waals surface area contributed by atoms with Gasteiger partial charge in [-0.1, -0.05) is 39.0 Å². The largest absolute Gasteiger partial charge is 0.358 e. The van der Waals surface area contributed by atoms with Gasteiger partial charge in [0.15, 0.2) is 0 Å². The van der Waals surface area contributed by atoms with E-state index in [0.717, 1.165) is 0 Å². The van der Waals surface area contributed by atoms with Crippen LogP contribution >= 0.6 is 0 Å². The molecule has 0 spiro atoms. The Morgan fingerprint density at radius 3 is 2.32 bits per heavy atom. The van der Waals surface area contributed by atoms with Crippen molar-refractivity contribution in [3.8, 4) is 0 Å². The third-order valence-electron chi connectivity index (χ3n) is 2.59. The quantitative estimate of drug-likeness (QED) is 0.778. The fraction of sp³-hybridized carbons (Fsp3) is 0.333. The molecule has 1 aromatic carbocycles. The van der Waals surface area contributed by atoms with Crippen molar-refractivity contribution >= 4 is 9.84 Å². The molecule has 0 saturated carbocycles. The van der Waals surface area contributed by atoms with Crippen molar-refractivity contribution in [3.05, 3.63) is 41.2 Å². The van der Waals surface area contributed by atoms with E-state index < -0.39 is 20.3 Å². The summed E-state index contributed by atoms with van der Waals surface area (Å²) >= 11 is 0. The molecule has 0 aliphatic heterocycles. The van der Waals surface area contributed by atoms with E-state index >= 15 is 0 Å². The topological polar surface area (TPSA) is 87.1 Å². The van der Waals surface area contributed by atoms with Gasteiger partial charge in [-0.05, 0) is 17.0 Å². The van der Waals surface area contributed by atoms with Crippen molar-refractivity contribution in [1.82, 2.24) is 5.16 Å². The lowest BCUT2D eigenvalue weighted by atomic mass is 9.93. The van der Waals surface area contributed by atoms with Gasteiger partial charge in [0.1, 0.15) is 0 Å². The smallest absolute Gasteiger partial charge is 0.317 e. The van der Waals surface area contributed by atoms with E-state index in [1.54, 1.807) is 39.0 Å². The van der Waals surface area contributed by atoms with Gasteiger partial charge in [0.05, 0.1) is 4.90 Å². The Labute approximate surface area is 111 Å². The summed E-state index contributed by atoms with van der Waals surface area (Å²) in [5.74, 6) is 0. The molecule has 1 heterocycles. The molecule has 7 heteroatoms.